The van der Waals surface area contributed by atoms with E-state index in [4.69, 9.17) is 0 Å². The number of carbonyl (C=O) groups excluding carboxylic acids is 1. The van der Waals surface area contributed by atoms with Crippen molar-refractivity contribution >= 4 is 17.3 Å². The Kier molecular flexibility index (Phi) is 3.00. The van der Waals surface area contributed by atoms with Crippen LogP contribution in [0.15, 0.2) is 24.3 Å². The Labute approximate surface area is 115 Å². The van der Waals surface area contributed by atoms with Crippen molar-refractivity contribution in [3.63, 3.8) is 0 Å². The molecule has 1 unspecified atom stereocenters. The lowest BCUT2D eigenvalue weighted by Crippen LogP contribution is -2.28. The van der Waals surface area contributed by atoms with E-state index < -0.39 is 0 Å². The molecule has 0 aromatic heterocycles. The van der Waals surface area contributed by atoms with Crippen LogP contribution >= 0.6 is 0 Å². The smallest absolute Gasteiger partial charge is 0.227 e. The van der Waals surface area contributed by atoms with Gasteiger partial charge in [-0.15, -0.1) is 0 Å². The number of rotatable bonds is 4. The molecule has 1 aliphatic carbocycles. The van der Waals surface area contributed by atoms with Gasteiger partial charge in [-0.3, -0.25) is 4.79 Å². The normalized spacial score (nSPS) is 22.4. The molecule has 1 aromatic rings. The molecule has 102 valence electrons. The monoisotopic (exact) mass is 258 g/mol. The molecule has 1 atom stereocenters. The van der Waals surface area contributed by atoms with E-state index in [-0.39, 0.29) is 5.91 Å². The topological polar surface area (TPSA) is 32.3 Å². The van der Waals surface area contributed by atoms with Crippen molar-refractivity contribution in [3.05, 3.63) is 24.3 Å². The first-order chi connectivity index (χ1) is 9.10. The molecule has 2 fully saturated rings. The molecule has 19 heavy (non-hydrogen) atoms. The van der Waals surface area contributed by atoms with Gasteiger partial charge >= 0.3 is 0 Å². The molecule has 1 saturated heterocycles. The van der Waals surface area contributed by atoms with Gasteiger partial charge in [0.2, 0.25) is 5.91 Å². The minimum Gasteiger partial charge on any atom is -0.380 e. The summed E-state index contributed by atoms with van der Waals surface area (Å²) < 4.78 is 0. The molecule has 0 spiro atoms. The van der Waals surface area contributed by atoms with Crippen molar-refractivity contribution in [1.29, 1.82) is 0 Å². The number of para-hydroxylation sites is 2. The largest absolute Gasteiger partial charge is 0.380 e. The van der Waals surface area contributed by atoms with Gasteiger partial charge in [-0.25, -0.2) is 0 Å². The Morgan fingerprint density at radius 2 is 2.05 bits per heavy atom. The van der Waals surface area contributed by atoms with Crippen LogP contribution in [0.5, 0.6) is 0 Å². The maximum Gasteiger partial charge on any atom is 0.227 e. The van der Waals surface area contributed by atoms with Crippen molar-refractivity contribution < 1.29 is 4.79 Å². The highest BCUT2D eigenvalue weighted by Crippen LogP contribution is 2.49. The SMILES string of the molecule is CC(Nc1ccccc1N1CCCC1=O)C1(C)CC1. The molecule has 1 aliphatic heterocycles. The molecule has 1 heterocycles. The summed E-state index contributed by atoms with van der Waals surface area (Å²) in [7, 11) is 0. The quantitative estimate of drug-likeness (QED) is 0.897. The summed E-state index contributed by atoms with van der Waals surface area (Å²) in [6, 6.07) is 8.63. The van der Waals surface area contributed by atoms with Crippen molar-refractivity contribution in [1.82, 2.24) is 0 Å². The average Bonchev–Trinajstić information content (AvgIpc) is 3.01. The van der Waals surface area contributed by atoms with Gasteiger partial charge in [-0.2, -0.15) is 0 Å². The van der Waals surface area contributed by atoms with E-state index >= 15 is 0 Å². The van der Waals surface area contributed by atoms with Crippen molar-refractivity contribution in [2.45, 2.75) is 45.6 Å². The molecule has 3 nitrogen and oxygen atoms in total. The van der Waals surface area contributed by atoms with E-state index in [9.17, 15) is 4.79 Å². The Morgan fingerprint density at radius 1 is 1.32 bits per heavy atom. The predicted octanol–water partition coefficient (Wildman–Crippen LogP) is 3.41. The Bertz CT molecular complexity index is 493. The van der Waals surface area contributed by atoms with Crippen LogP contribution in [0.2, 0.25) is 0 Å². The first kappa shape index (κ1) is 12.5. The van der Waals surface area contributed by atoms with E-state index in [2.05, 4.69) is 25.2 Å². The van der Waals surface area contributed by atoms with Crippen LogP contribution in [0.4, 0.5) is 11.4 Å². The Balaban J connectivity index is 1.83. The summed E-state index contributed by atoms with van der Waals surface area (Å²) in [6.45, 7) is 5.42. The molecular weight excluding hydrogens is 236 g/mol. The highest BCUT2D eigenvalue weighted by molar-refractivity contribution is 5.98. The zero-order chi connectivity index (χ0) is 13.5. The summed E-state index contributed by atoms with van der Waals surface area (Å²) in [5.74, 6) is 0.250. The van der Waals surface area contributed by atoms with Crippen LogP contribution in [0.25, 0.3) is 0 Å². The molecular formula is C16H22N2O. The maximum absolute atomic E-state index is 11.9. The summed E-state index contributed by atoms with van der Waals surface area (Å²) in [4.78, 5) is 13.8. The van der Waals surface area contributed by atoms with Crippen LogP contribution in [-0.2, 0) is 4.79 Å². The average molecular weight is 258 g/mol. The van der Waals surface area contributed by atoms with Gasteiger partial charge in [0.1, 0.15) is 0 Å². The second-order valence-corrected chi connectivity index (χ2v) is 6.19. The number of hydrogen-bond donors (Lipinski definition) is 1. The fourth-order valence-electron chi connectivity index (χ4n) is 2.77. The predicted molar refractivity (Wildman–Crippen MR) is 78.5 cm³/mol. The lowest BCUT2D eigenvalue weighted by Gasteiger charge is -2.26. The highest BCUT2D eigenvalue weighted by Gasteiger charge is 2.42. The maximum atomic E-state index is 11.9. The Morgan fingerprint density at radius 3 is 2.68 bits per heavy atom. The van der Waals surface area contributed by atoms with E-state index in [1.807, 2.05) is 23.1 Å². The van der Waals surface area contributed by atoms with Gasteiger partial charge < -0.3 is 10.2 Å². The van der Waals surface area contributed by atoms with E-state index in [1.165, 1.54) is 12.8 Å². The summed E-state index contributed by atoms with van der Waals surface area (Å²) in [5.41, 5.74) is 2.57. The number of amides is 1. The molecule has 1 saturated carbocycles. The van der Waals surface area contributed by atoms with E-state index in [0.717, 1.165) is 24.3 Å². The number of carbonyl (C=O) groups is 1. The number of nitrogens with one attached hydrogen (secondary N) is 1. The molecule has 1 aromatic carbocycles. The van der Waals surface area contributed by atoms with E-state index in [0.29, 0.717) is 17.9 Å². The first-order valence-corrected chi connectivity index (χ1v) is 7.26. The molecule has 1 amide bonds. The highest BCUT2D eigenvalue weighted by atomic mass is 16.2. The van der Waals surface area contributed by atoms with Gasteiger partial charge in [0, 0.05) is 19.0 Å². The van der Waals surface area contributed by atoms with Gasteiger partial charge in [-0.05, 0) is 43.7 Å². The van der Waals surface area contributed by atoms with Crippen LogP contribution < -0.4 is 10.2 Å². The van der Waals surface area contributed by atoms with E-state index in [1.54, 1.807) is 0 Å². The van der Waals surface area contributed by atoms with Crippen LogP contribution in [0.3, 0.4) is 0 Å². The van der Waals surface area contributed by atoms with Gasteiger partial charge in [-0.1, -0.05) is 19.1 Å². The lowest BCUT2D eigenvalue weighted by molar-refractivity contribution is -0.117. The van der Waals surface area contributed by atoms with Crippen LogP contribution in [0, 0.1) is 5.41 Å². The Hall–Kier alpha value is -1.51. The minimum absolute atomic E-state index is 0.250. The number of nitrogens with zero attached hydrogens (tertiary/aromatic N) is 1. The number of anilines is 2. The fraction of sp³-hybridized carbons (Fsp3) is 0.562. The van der Waals surface area contributed by atoms with Crippen molar-refractivity contribution in [2.24, 2.45) is 5.41 Å². The lowest BCUT2D eigenvalue weighted by atomic mass is 10.0. The van der Waals surface area contributed by atoms with Crippen LogP contribution in [-0.4, -0.2) is 18.5 Å². The molecule has 1 N–H and O–H groups in total. The van der Waals surface area contributed by atoms with Crippen molar-refractivity contribution in [2.75, 3.05) is 16.8 Å². The van der Waals surface area contributed by atoms with Gasteiger partial charge in [0.15, 0.2) is 0 Å². The third-order valence-corrected chi connectivity index (χ3v) is 4.72. The first-order valence-electron chi connectivity index (χ1n) is 7.26. The fourth-order valence-corrected chi connectivity index (χ4v) is 2.77. The van der Waals surface area contributed by atoms with Gasteiger partial charge in [0.05, 0.1) is 11.4 Å². The third-order valence-electron chi connectivity index (χ3n) is 4.72. The summed E-state index contributed by atoms with van der Waals surface area (Å²) in [5, 5.41) is 3.62. The molecule has 3 rings (SSSR count). The second-order valence-electron chi connectivity index (χ2n) is 6.19. The zero-order valence-corrected chi connectivity index (χ0v) is 11.8. The zero-order valence-electron chi connectivity index (χ0n) is 11.8. The molecule has 2 aliphatic rings. The molecule has 3 heteroatoms. The third kappa shape index (κ3) is 2.34. The molecule has 0 bridgehead atoms. The number of hydrogen-bond acceptors (Lipinski definition) is 2. The molecule has 0 radical (unpaired) electrons. The van der Waals surface area contributed by atoms with Crippen molar-refractivity contribution in [3.8, 4) is 0 Å². The second kappa shape index (κ2) is 4.55. The summed E-state index contributed by atoms with van der Waals surface area (Å²) in [6.07, 6.45) is 4.25. The number of benzene rings is 1. The summed E-state index contributed by atoms with van der Waals surface area (Å²) >= 11 is 0. The minimum atomic E-state index is 0.250. The van der Waals surface area contributed by atoms with Gasteiger partial charge in [0.25, 0.3) is 0 Å². The standard InChI is InChI=1S/C16H22N2O/c1-12(16(2)9-10-16)17-13-6-3-4-7-14(13)18-11-5-8-15(18)19/h3-4,6-7,12,17H,5,8-11H2,1-2H3. The van der Waals surface area contributed by atoms with Crippen LogP contribution in [0.1, 0.15) is 39.5 Å².